The Hall–Kier alpha value is -3.04. The molecule has 0 aliphatic heterocycles. The number of esters is 1. The van der Waals surface area contributed by atoms with Gasteiger partial charge in [-0.25, -0.2) is 4.79 Å². The second-order valence-electron chi connectivity index (χ2n) is 5.11. The molecule has 0 aliphatic rings. The van der Waals surface area contributed by atoms with Crippen molar-refractivity contribution in [1.29, 1.82) is 0 Å². The van der Waals surface area contributed by atoms with Crippen LogP contribution in [0.5, 0.6) is 0 Å². The summed E-state index contributed by atoms with van der Waals surface area (Å²) in [6.07, 6.45) is 0.565. The number of nitrogens with one attached hydrogen (secondary N) is 1. The van der Waals surface area contributed by atoms with Crippen LogP contribution in [-0.2, 0) is 9.53 Å². The van der Waals surface area contributed by atoms with Gasteiger partial charge in [-0.3, -0.25) is 25.0 Å². The number of hydrogen-bond acceptors (Lipinski definition) is 7. The summed E-state index contributed by atoms with van der Waals surface area (Å²) < 4.78 is 4.63. The van der Waals surface area contributed by atoms with Crippen molar-refractivity contribution in [3.8, 4) is 0 Å². The van der Waals surface area contributed by atoms with E-state index in [0.29, 0.717) is 6.42 Å². The van der Waals surface area contributed by atoms with Crippen LogP contribution in [-0.4, -0.2) is 34.9 Å². The molecule has 1 amide bonds. The van der Waals surface area contributed by atoms with E-state index in [1.165, 1.54) is 7.11 Å². The van der Waals surface area contributed by atoms with Crippen molar-refractivity contribution in [2.75, 3.05) is 7.11 Å². The van der Waals surface area contributed by atoms with Gasteiger partial charge < -0.3 is 10.1 Å². The van der Waals surface area contributed by atoms with Crippen molar-refractivity contribution in [1.82, 2.24) is 5.32 Å². The van der Waals surface area contributed by atoms with Gasteiger partial charge in [0.05, 0.1) is 28.6 Å². The minimum atomic E-state index is -0.967. The molecular weight excluding hydrogens is 322 g/mol. The summed E-state index contributed by atoms with van der Waals surface area (Å²) >= 11 is 0. The second-order valence-corrected chi connectivity index (χ2v) is 5.11. The van der Waals surface area contributed by atoms with Crippen LogP contribution in [0.1, 0.15) is 30.6 Å². The first-order valence-electron chi connectivity index (χ1n) is 7.03. The van der Waals surface area contributed by atoms with Gasteiger partial charge in [0.15, 0.2) is 0 Å². The fraction of sp³-hybridized carbons (Fsp3) is 0.429. The molecule has 10 nitrogen and oxygen atoms in total. The number of carbonyl (C=O) groups excluding carboxylic acids is 2. The molecule has 0 saturated heterocycles. The van der Waals surface area contributed by atoms with Gasteiger partial charge in [-0.1, -0.05) is 20.3 Å². The van der Waals surface area contributed by atoms with Gasteiger partial charge in [0.1, 0.15) is 6.04 Å². The van der Waals surface area contributed by atoms with E-state index < -0.39 is 39.1 Å². The molecule has 0 radical (unpaired) electrons. The SMILES string of the molecule is CCC(C)C(NC(=O)c1cc([N+](=O)[O-])cc([N+](=O)[O-])c1)C(=O)OC. The quantitative estimate of drug-likeness (QED) is 0.453. The number of ether oxygens (including phenoxy) is 1. The summed E-state index contributed by atoms with van der Waals surface area (Å²) in [5.41, 5.74) is -1.46. The smallest absolute Gasteiger partial charge is 0.328 e. The number of amides is 1. The van der Waals surface area contributed by atoms with Crippen LogP contribution in [0.4, 0.5) is 11.4 Å². The van der Waals surface area contributed by atoms with Crippen molar-refractivity contribution in [3.05, 3.63) is 44.0 Å². The van der Waals surface area contributed by atoms with E-state index >= 15 is 0 Å². The molecule has 24 heavy (non-hydrogen) atoms. The standard InChI is InChI=1S/C14H17N3O7/c1-4-8(2)12(14(19)24-3)15-13(18)9-5-10(16(20)21)7-11(6-9)17(22)23/h5-8,12H,4H2,1-3H3,(H,15,18). The number of non-ortho nitro benzene ring substituents is 2. The van der Waals surface area contributed by atoms with E-state index in [-0.39, 0.29) is 11.5 Å². The molecular formula is C14H17N3O7. The van der Waals surface area contributed by atoms with E-state index in [0.717, 1.165) is 18.2 Å². The van der Waals surface area contributed by atoms with Gasteiger partial charge in [-0.2, -0.15) is 0 Å². The maximum Gasteiger partial charge on any atom is 0.328 e. The summed E-state index contributed by atoms with van der Waals surface area (Å²) in [6, 6.07) is 1.61. The molecule has 1 aromatic carbocycles. The maximum absolute atomic E-state index is 12.3. The number of nitro groups is 2. The minimum Gasteiger partial charge on any atom is -0.467 e. The van der Waals surface area contributed by atoms with E-state index in [9.17, 15) is 29.8 Å². The lowest BCUT2D eigenvalue weighted by Gasteiger charge is -2.21. The van der Waals surface area contributed by atoms with Gasteiger partial charge in [-0.05, 0) is 5.92 Å². The fourth-order valence-corrected chi connectivity index (χ4v) is 1.96. The predicted molar refractivity (Wildman–Crippen MR) is 82.5 cm³/mol. The Bertz CT molecular complexity index is 642. The number of rotatable bonds is 7. The van der Waals surface area contributed by atoms with Gasteiger partial charge in [-0.15, -0.1) is 0 Å². The third-order valence-corrected chi connectivity index (χ3v) is 3.54. The van der Waals surface area contributed by atoms with Crippen LogP contribution in [0, 0.1) is 26.1 Å². The summed E-state index contributed by atoms with van der Waals surface area (Å²) in [5, 5.41) is 24.1. The molecule has 2 unspecified atom stereocenters. The predicted octanol–water partition coefficient (Wildman–Crippen LogP) is 1.82. The maximum atomic E-state index is 12.3. The molecule has 0 saturated carbocycles. The Morgan fingerprint density at radius 1 is 1.17 bits per heavy atom. The highest BCUT2D eigenvalue weighted by Crippen LogP contribution is 2.23. The van der Waals surface area contributed by atoms with Gasteiger partial charge in [0.25, 0.3) is 17.3 Å². The Labute approximate surface area is 137 Å². The number of nitrogens with zero attached hydrogens (tertiary/aromatic N) is 2. The van der Waals surface area contributed by atoms with E-state index in [1.54, 1.807) is 6.92 Å². The number of carbonyl (C=O) groups is 2. The van der Waals surface area contributed by atoms with E-state index in [1.807, 2.05) is 6.92 Å². The molecule has 0 bridgehead atoms. The summed E-state index contributed by atoms with van der Waals surface area (Å²) in [7, 11) is 1.17. The number of benzene rings is 1. The molecule has 1 N–H and O–H groups in total. The Morgan fingerprint density at radius 2 is 1.67 bits per heavy atom. The molecule has 2 atom stereocenters. The second kappa shape index (κ2) is 7.99. The average molecular weight is 339 g/mol. The normalized spacial score (nSPS) is 12.8. The topological polar surface area (TPSA) is 142 Å². The highest BCUT2D eigenvalue weighted by atomic mass is 16.6. The van der Waals surface area contributed by atoms with Crippen LogP contribution < -0.4 is 5.32 Å². The fourth-order valence-electron chi connectivity index (χ4n) is 1.96. The number of methoxy groups -OCH3 is 1. The first kappa shape index (κ1) is 19.0. The van der Waals surface area contributed by atoms with Crippen molar-refractivity contribution < 1.29 is 24.2 Å². The lowest BCUT2D eigenvalue weighted by molar-refractivity contribution is -0.394. The van der Waals surface area contributed by atoms with Gasteiger partial charge >= 0.3 is 5.97 Å². The van der Waals surface area contributed by atoms with Crippen molar-refractivity contribution in [3.63, 3.8) is 0 Å². The van der Waals surface area contributed by atoms with Crippen molar-refractivity contribution >= 4 is 23.3 Å². The Morgan fingerprint density at radius 3 is 2.04 bits per heavy atom. The lowest BCUT2D eigenvalue weighted by Crippen LogP contribution is -2.45. The van der Waals surface area contributed by atoms with Gasteiger partial charge in [0, 0.05) is 12.1 Å². The highest BCUT2D eigenvalue weighted by molar-refractivity contribution is 5.98. The number of hydrogen-bond donors (Lipinski definition) is 1. The van der Waals surface area contributed by atoms with Crippen molar-refractivity contribution in [2.24, 2.45) is 5.92 Å². The zero-order chi connectivity index (χ0) is 18.4. The zero-order valence-electron chi connectivity index (χ0n) is 13.3. The Balaban J connectivity index is 3.19. The molecule has 0 fully saturated rings. The van der Waals surface area contributed by atoms with Crippen molar-refractivity contribution in [2.45, 2.75) is 26.3 Å². The summed E-state index contributed by atoms with van der Waals surface area (Å²) in [4.78, 5) is 44.1. The molecule has 0 aliphatic carbocycles. The number of nitro benzene ring substituents is 2. The molecule has 0 heterocycles. The Kier molecular flexibility index (Phi) is 6.33. The van der Waals surface area contributed by atoms with Crippen LogP contribution in [0.3, 0.4) is 0 Å². The third-order valence-electron chi connectivity index (χ3n) is 3.54. The summed E-state index contributed by atoms with van der Waals surface area (Å²) in [5.74, 6) is -1.76. The lowest BCUT2D eigenvalue weighted by atomic mass is 9.98. The third kappa shape index (κ3) is 4.48. The highest BCUT2D eigenvalue weighted by Gasteiger charge is 2.28. The van der Waals surface area contributed by atoms with Crippen LogP contribution in [0.15, 0.2) is 18.2 Å². The van der Waals surface area contributed by atoms with Crippen LogP contribution in [0.25, 0.3) is 0 Å². The largest absolute Gasteiger partial charge is 0.467 e. The van der Waals surface area contributed by atoms with Gasteiger partial charge in [0.2, 0.25) is 0 Å². The minimum absolute atomic E-state index is 0.255. The molecule has 1 rings (SSSR count). The molecule has 130 valence electrons. The average Bonchev–Trinajstić information content (AvgIpc) is 2.57. The first-order chi connectivity index (χ1) is 11.2. The molecule has 0 spiro atoms. The summed E-state index contributed by atoms with van der Waals surface area (Å²) in [6.45, 7) is 3.53. The first-order valence-corrected chi connectivity index (χ1v) is 7.03. The zero-order valence-corrected chi connectivity index (χ0v) is 13.3. The molecule has 1 aromatic rings. The van der Waals surface area contributed by atoms with Crippen LogP contribution >= 0.6 is 0 Å². The monoisotopic (exact) mass is 339 g/mol. The van der Waals surface area contributed by atoms with Crippen LogP contribution in [0.2, 0.25) is 0 Å². The van der Waals surface area contributed by atoms with E-state index in [2.05, 4.69) is 10.1 Å². The molecule has 0 aromatic heterocycles. The molecule has 10 heteroatoms. The van der Waals surface area contributed by atoms with E-state index in [4.69, 9.17) is 0 Å².